The Bertz CT molecular complexity index is 553. The number of thiazole rings is 1. The summed E-state index contributed by atoms with van der Waals surface area (Å²) in [6.07, 6.45) is 1.38. The lowest BCUT2D eigenvalue weighted by Crippen LogP contribution is -2.51. The van der Waals surface area contributed by atoms with Crippen LogP contribution in [0.5, 0.6) is 0 Å². The van der Waals surface area contributed by atoms with Gasteiger partial charge in [0.2, 0.25) is 0 Å². The van der Waals surface area contributed by atoms with Crippen molar-refractivity contribution in [1.29, 1.82) is 0 Å². The summed E-state index contributed by atoms with van der Waals surface area (Å²) in [5.41, 5.74) is 5.54. The molecule has 10 heteroatoms. The predicted molar refractivity (Wildman–Crippen MR) is 112 cm³/mol. The number of guanidine groups is 1. The number of carbonyl (C=O) groups excluding carboxylic acids is 1. The lowest BCUT2D eigenvalue weighted by molar-refractivity contribution is 0.0529. The zero-order valence-corrected chi connectivity index (χ0v) is 18.0. The SMILES string of the molecule is CC(C)(C)OC(=O)NCCN=C(N)N1CCN(c2nccs2)CC1.I. The van der Waals surface area contributed by atoms with Crippen LogP contribution >= 0.6 is 35.3 Å². The molecule has 1 aliphatic heterocycles. The van der Waals surface area contributed by atoms with Crippen molar-refractivity contribution in [1.82, 2.24) is 15.2 Å². The molecule has 0 radical (unpaired) electrons. The fraction of sp³-hybridized carbons (Fsp3) is 0.667. The van der Waals surface area contributed by atoms with Crippen LogP contribution in [0.25, 0.3) is 0 Å². The van der Waals surface area contributed by atoms with Crippen LogP contribution in [-0.4, -0.2) is 66.8 Å². The van der Waals surface area contributed by atoms with E-state index in [1.54, 1.807) is 11.3 Å². The highest BCUT2D eigenvalue weighted by atomic mass is 127. The molecule has 1 amide bonds. The Balaban J connectivity index is 0.00000312. The van der Waals surface area contributed by atoms with Crippen molar-refractivity contribution in [2.45, 2.75) is 26.4 Å². The Morgan fingerprint density at radius 3 is 2.64 bits per heavy atom. The molecule has 1 aromatic heterocycles. The first kappa shape index (κ1) is 21.7. The zero-order chi connectivity index (χ0) is 17.6. The fourth-order valence-corrected chi connectivity index (χ4v) is 2.94. The molecule has 0 spiro atoms. The molecule has 1 aromatic rings. The quantitative estimate of drug-likeness (QED) is 0.294. The normalized spacial score (nSPS) is 15.6. The highest BCUT2D eigenvalue weighted by molar-refractivity contribution is 14.0. The standard InChI is InChI=1S/C15H26N6O2S.HI/c1-15(2,3)23-14(22)19-5-4-17-12(16)20-7-9-21(10-8-20)13-18-6-11-24-13;/h6,11H,4-5,7-10H2,1-3H3,(H2,16,17)(H,19,22);1H. The van der Waals surface area contributed by atoms with Gasteiger partial charge >= 0.3 is 6.09 Å². The van der Waals surface area contributed by atoms with Crippen LogP contribution in [0.15, 0.2) is 16.6 Å². The van der Waals surface area contributed by atoms with Crippen molar-refractivity contribution < 1.29 is 9.53 Å². The Kier molecular flexibility index (Phi) is 8.69. The van der Waals surface area contributed by atoms with Gasteiger partial charge in [-0.3, -0.25) is 4.99 Å². The molecule has 142 valence electrons. The summed E-state index contributed by atoms with van der Waals surface area (Å²) in [5, 5.41) is 5.69. The smallest absolute Gasteiger partial charge is 0.407 e. The molecule has 0 atom stereocenters. The molecular formula is C15H27IN6O2S. The number of rotatable bonds is 4. The Morgan fingerprint density at radius 2 is 2.08 bits per heavy atom. The van der Waals surface area contributed by atoms with Crippen molar-refractivity contribution in [3.8, 4) is 0 Å². The highest BCUT2D eigenvalue weighted by Gasteiger charge is 2.20. The van der Waals surface area contributed by atoms with Gasteiger partial charge in [0, 0.05) is 44.3 Å². The molecule has 3 N–H and O–H groups in total. The average molecular weight is 482 g/mol. The Labute approximate surface area is 169 Å². The van der Waals surface area contributed by atoms with Crippen LogP contribution in [0.2, 0.25) is 0 Å². The summed E-state index contributed by atoms with van der Waals surface area (Å²) in [7, 11) is 0. The largest absolute Gasteiger partial charge is 0.444 e. The minimum Gasteiger partial charge on any atom is -0.444 e. The zero-order valence-electron chi connectivity index (χ0n) is 14.9. The van der Waals surface area contributed by atoms with Crippen LogP contribution in [0, 0.1) is 0 Å². The maximum atomic E-state index is 11.5. The molecule has 25 heavy (non-hydrogen) atoms. The van der Waals surface area contributed by atoms with Crippen molar-refractivity contribution >= 4 is 52.5 Å². The molecule has 0 saturated carbocycles. The number of carbonyl (C=O) groups is 1. The van der Waals surface area contributed by atoms with E-state index in [1.807, 2.05) is 32.3 Å². The highest BCUT2D eigenvalue weighted by Crippen LogP contribution is 2.18. The van der Waals surface area contributed by atoms with Gasteiger partial charge in [0.1, 0.15) is 5.60 Å². The first-order chi connectivity index (χ1) is 11.3. The van der Waals surface area contributed by atoms with E-state index in [1.165, 1.54) is 0 Å². The van der Waals surface area contributed by atoms with Gasteiger partial charge in [0.15, 0.2) is 11.1 Å². The van der Waals surface area contributed by atoms with Gasteiger partial charge in [0.05, 0.1) is 6.54 Å². The van der Waals surface area contributed by atoms with E-state index in [2.05, 4.69) is 25.1 Å². The van der Waals surface area contributed by atoms with Gasteiger partial charge in [-0.1, -0.05) is 0 Å². The van der Waals surface area contributed by atoms with Crippen LogP contribution in [0.4, 0.5) is 9.93 Å². The number of amides is 1. The van der Waals surface area contributed by atoms with E-state index in [0.29, 0.717) is 19.0 Å². The summed E-state index contributed by atoms with van der Waals surface area (Å²) >= 11 is 1.65. The van der Waals surface area contributed by atoms with E-state index >= 15 is 0 Å². The number of piperazine rings is 1. The second-order valence-electron chi connectivity index (χ2n) is 6.46. The van der Waals surface area contributed by atoms with Crippen molar-refractivity contribution in [3.63, 3.8) is 0 Å². The molecule has 2 heterocycles. The van der Waals surface area contributed by atoms with E-state index in [4.69, 9.17) is 10.5 Å². The maximum absolute atomic E-state index is 11.5. The van der Waals surface area contributed by atoms with Crippen molar-refractivity contribution in [3.05, 3.63) is 11.6 Å². The van der Waals surface area contributed by atoms with E-state index in [9.17, 15) is 4.79 Å². The number of hydrogen-bond acceptors (Lipinski definition) is 6. The van der Waals surface area contributed by atoms with Gasteiger partial charge in [-0.05, 0) is 20.8 Å². The second kappa shape index (κ2) is 10.00. The number of nitrogens with two attached hydrogens (primary N) is 1. The molecular weight excluding hydrogens is 455 g/mol. The molecule has 8 nitrogen and oxygen atoms in total. The van der Waals surface area contributed by atoms with Crippen LogP contribution in [-0.2, 0) is 4.74 Å². The Hall–Kier alpha value is -1.30. The summed E-state index contributed by atoms with van der Waals surface area (Å²) in [5.74, 6) is 0.514. The third kappa shape index (κ3) is 7.63. The Morgan fingerprint density at radius 1 is 1.40 bits per heavy atom. The van der Waals surface area contributed by atoms with Gasteiger partial charge in [-0.15, -0.1) is 35.3 Å². The maximum Gasteiger partial charge on any atom is 0.407 e. The van der Waals surface area contributed by atoms with Crippen LogP contribution in [0.3, 0.4) is 0 Å². The van der Waals surface area contributed by atoms with Gasteiger partial charge < -0.3 is 25.6 Å². The van der Waals surface area contributed by atoms with Gasteiger partial charge in [-0.2, -0.15) is 0 Å². The van der Waals surface area contributed by atoms with E-state index in [-0.39, 0.29) is 24.0 Å². The summed E-state index contributed by atoms with van der Waals surface area (Å²) < 4.78 is 5.16. The fourth-order valence-electron chi connectivity index (χ4n) is 2.24. The summed E-state index contributed by atoms with van der Waals surface area (Å²) in [6, 6.07) is 0. The summed E-state index contributed by atoms with van der Waals surface area (Å²) in [4.78, 5) is 24.5. The number of nitrogens with one attached hydrogen (secondary N) is 1. The van der Waals surface area contributed by atoms with Crippen molar-refractivity contribution in [2.24, 2.45) is 10.7 Å². The van der Waals surface area contributed by atoms with E-state index < -0.39 is 11.7 Å². The first-order valence-electron chi connectivity index (χ1n) is 8.01. The molecule has 0 bridgehead atoms. The molecule has 1 saturated heterocycles. The van der Waals surface area contributed by atoms with Crippen molar-refractivity contribution in [2.75, 3.05) is 44.2 Å². The average Bonchev–Trinajstić information content (AvgIpc) is 3.04. The number of hydrogen-bond donors (Lipinski definition) is 2. The van der Waals surface area contributed by atoms with Gasteiger partial charge in [-0.25, -0.2) is 9.78 Å². The van der Waals surface area contributed by atoms with Crippen LogP contribution < -0.4 is 16.0 Å². The first-order valence-corrected chi connectivity index (χ1v) is 8.89. The van der Waals surface area contributed by atoms with Crippen LogP contribution in [0.1, 0.15) is 20.8 Å². The third-order valence-corrected chi connectivity index (χ3v) is 4.18. The molecule has 0 unspecified atom stereocenters. The minimum absolute atomic E-state index is 0. The second-order valence-corrected chi connectivity index (χ2v) is 7.33. The monoisotopic (exact) mass is 482 g/mol. The number of ether oxygens (including phenoxy) is 1. The molecule has 2 rings (SSSR count). The molecule has 0 aromatic carbocycles. The van der Waals surface area contributed by atoms with E-state index in [0.717, 1.165) is 31.3 Å². The topological polar surface area (TPSA) is 96.1 Å². The number of aliphatic imine (C=N–C) groups is 1. The number of aromatic nitrogens is 1. The predicted octanol–water partition coefficient (Wildman–Crippen LogP) is 1.72. The number of anilines is 1. The molecule has 1 fully saturated rings. The van der Waals surface area contributed by atoms with Gasteiger partial charge in [0.25, 0.3) is 0 Å². The lowest BCUT2D eigenvalue weighted by atomic mass is 10.2. The molecule has 0 aliphatic carbocycles. The molecule has 1 aliphatic rings. The minimum atomic E-state index is -0.497. The lowest BCUT2D eigenvalue weighted by Gasteiger charge is -2.35. The number of alkyl carbamates (subject to hydrolysis) is 1. The number of halogens is 1. The summed E-state index contributed by atoms with van der Waals surface area (Å²) in [6.45, 7) is 9.69. The third-order valence-electron chi connectivity index (χ3n) is 3.35. The number of nitrogens with zero attached hydrogens (tertiary/aromatic N) is 4.